The van der Waals surface area contributed by atoms with Gasteiger partial charge < -0.3 is 25.6 Å². The van der Waals surface area contributed by atoms with Crippen molar-refractivity contribution in [2.24, 2.45) is 0 Å². The standard InChI is InChI=1S/C22H33N7O3/c1-3-23-22(31)28-9-5-15(6-10-28)27-21(30)18-13-24-20-17(14-25-29(20)4-2)19(18)26-16-7-11-32-12-8-16/h13-16H,3-12H2,1-2H3,(H,23,31)(H,24,26)(H,27,30). The number of nitrogens with one attached hydrogen (secondary N) is 3. The SMILES string of the molecule is CCNC(=O)N1CCC(NC(=O)c2cnc3c(cnn3CC)c2NC2CCOCC2)CC1. The van der Waals surface area contributed by atoms with E-state index in [1.165, 1.54) is 0 Å². The van der Waals surface area contributed by atoms with Crippen molar-refractivity contribution in [3.05, 3.63) is 18.0 Å². The first-order valence-corrected chi connectivity index (χ1v) is 11.6. The van der Waals surface area contributed by atoms with Gasteiger partial charge in [-0.3, -0.25) is 4.79 Å². The number of urea groups is 1. The van der Waals surface area contributed by atoms with Crippen molar-refractivity contribution in [2.75, 3.05) is 38.2 Å². The summed E-state index contributed by atoms with van der Waals surface area (Å²) >= 11 is 0. The van der Waals surface area contributed by atoms with Gasteiger partial charge in [-0.05, 0) is 39.5 Å². The number of piperidine rings is 1. The first kappa shape index (κ1) is 22.3. The highest BCUT2D eigenvalue weighted by molar-refractivity contribution is 6.06. The number of aryl methyl sites for hydroxylation is 1. The molecule has 4 rings (SSSR count). The molecule has 174 valence electrons. The largest absolute Gasteiger partial charge is 0.381 e. The molecule has 2 saturated heterocycles. The summed E-state index contributed by atoms with van der Waals surface area (Å²) in [6, 6.07) is 0.229. The summed E-state index contributed by atoms with van der Waals surface area (Å²) in [4.78, 5) is 31.7. The van der Waals surface area contributed by atoms with Crippen LogP contribution < -0.4 is 16.0 Å². The summed E-state index contributed by atoms with van der Waals surface area (Å²) in [5.74, 6) is -0.144. The summed E-state index contributed by atoms with van der Waals surface area (Å²) in [5, 5.41) is 14.9. The maximum absolute atomic E-state index is 13.3. The van der Waals surface area contributed by atoms with Gasteiger partial charge in [-0.1, -0.05) is 0 Å². The van der Waals surface area contributed by atoms with E-state index in [1.807, 2.05) is 18.5 Å². The van der Waals surface area contributed by atoms with E-state index in [0.29, 0.717) is 45.0 Å². The minimum Gasteiger partial charge on any atom is -0.381 e. The van der Waals surface area contributed by atoms with Gasteiger partial charge in [0, 0.05) is 57.7 Å². The molecular formula is C22H33N7O3. The number of aromatic nitrogens is 3. The van der Waals surface area contributed by atoms with Gasteiger partial charge in [0.2, 0.25) is 0 Å². The third-order valence-electron chi connectivity index (χ3n) is 6.23. The van der Waals surface area contributed by atoms with Crippen molar-refractivity contribution in [3.63, 3.8) is 0 Å². The average Bonchev–Trinajstić information content (AvgIpc) is 3.24. The molecule has 0 unspecified atom stereocenters. The Kier molecular flexibility index (Phi) is 7.09. The van der Waals surface area contributed by atoms with E-state index in [4.69, 9.17) is 4.74 Å². The third-order valence-corrected chi connectivity index (χ3v) is 6.23. The number of ether oxygens (including phenoxy) is 1. The lowest BCUT2D eigenvalue weighted by Gasteiger charge is -2.32. The van der Waals surface area contributed by atoms with Gasteiger partial charge in [0.05, 0.1) is 22.8 Å². The number of hydrogen-bond acceptors (Lipinski definition) is 6. The molecule has 3 N–H and O–H groups in total. The van der Waals surface area contributed by atoms with Crippen LogP contribution in [-0.2, 0) is 11.3 Å². The van der Waals surface area contributed by atoms with Crippen LogP contribution in [0.2, 0.25) is 0 Å². The van der Waals surface area contributed by atoms with Crippen molar-refractivity contribution in [1.29, 1.82) is 0 Å². The van der Waals surface area contributed by atoms with E-state index in [9.17, 15) is 9.59 Å². The number of rotatable bonds is 6. The van der Waals surface area contributed by atoms with Crippen molar-refractivity contribution < 1.29 is 14.3 Å². The second-order valence-corrected chi connectivity index (χ2v) is 8.35. The van der Waals surface area contributed by atoms with Crippen molar-refractivity contribution >= 4 is 28.7 Å². The van der Waals surface area contributed by atoms with Gasteiger partial charge in [-0.2, -0.15) is 5.10 Å². The highest BCUT2D eigenvalue weighted by Crippen LogP contribution is 2.28. The average molecular weight is 444 g/mol. The van der Waals surface area contributed by atoms with Gasteiger partial charge >= 0.3 is 6.03 Å². The Labute approximate surface area is 188 Å². The molecular weight excluding hydrogens is 410 g/mol. The van der Waals surface area contributed by atoms with Crippen LogP contribution in [0.15, 0.2) is 12.4 Å². The number of hydrogen-bond donors (Lipinski definition) is 3. The Morgan fingerprint density at radius 2 is 1.84 bits per heavy atom. The fourth-order valence-corrected chi connectivity index (χ4v) is 4.38. The minimum atomic E-state index is -0.144. The van der Waals surface area contributed by atoms with E-state index >= 15 is 0 Å². The molecule has 0 atom stereocenters. The molecule has 0 radical (unpaired) electrons. The van der Waals surface area contributed by atoms with Gasteiger partial charge in [-0.15, -0.1) is 0 Å². The lowest BCUT2D eigenvalue weighted by Crippen LogP contribution is -2.49. The van der Waals surface area contributed by atoms with Crippen LogP contribution in [-0.4, -0.2) is 76.5 Å². The normalized spacial score (nSPS) is 18.0. The Bertz CT molecular complexity index is 946. The number of fused-ring (bicyclic) bond motifs is 1. The molecule has 32 heavy (non-hydrogen) atoms. The van der Waals surface area contributed by atoms with Crippen LogP contribution >= 0.6 is 0 Å². The molecule has 0 bridgehead atoms. The van der Waals surface area contributed by atoms with E-state index < -0.39 is 0 Å². The molecule has 10 heteroatoms. The molecule has 2 aromatic rings. The number of likely N-dealkylation sites (tertiary alicyclic amines) is 1. The smallest absolute Gasteiger partial charge is 0.317 e. The quantitative estimate of drug-likeness (QED) is 0.629. The lowest BCUT2D eigenvalue weighted by atomic mass is 10.0. The zero-order chi connectivity index (χ0) is 22.5. The Morgan fingerprint density at radius 3 is 2.53 bits per heavy atom. The zero-order valence-corrected chi connectivity index (χ0v) is 18.9. The Balaban J connectivity index is 1.50. The Morgan fingerprint density at radius 1 is 1.09 bits per heavy atom. The third kappa shape index (κ3) is 4.79. The molecule has 2 fully saturated rings. The van der Waals surface area contributed by atoms with Crippen LogP contribution in [0.4, 0.5) is 10.5 Å². The molecule has 2 aliphatic rings. The fraction of sp³-hybridized carbons (Fsp3) is 0.636. The molecule has 10 nitrogen and oxygen atoms in total. The van der Waals surface area contributed by atoms with E-state index in [0.717, 1.165) is 42.4 Å². The predicted molar refractivity (Wildman–Crippen MR) is 122 cm³/mol. The van der Waals surface area contributed by atoms with Crippen molar-refractivity contribution in [1.82, 2.24) is 30.3 Å². The van der Waals surface area contributed by atoms with Crippen molar-refractivity contribution in [3.8, 4) is 0 Å². The van der Waals surface area contributed by atoms with Crippen molar-refractivity contribution in [2.45, 2.75) is 58.2 Å². The summed E-state index contributed by atoms with van der Waals surface area (Å²) in [6.07, 6.45) is 6.69. The second kappa shape index (κ2) is 10.2. The highest BCUT2D eigenvalue weighted by atomic mass is 16.5. The maximum atomic E-state index is 13.3. The maximum Gasteiger partial charge on any atom is 0.317 e. The lowest BCUT2D eigenvalue weighted by molar-refractivity contribution is 0.0902. The van der Waals surface area contributed by atoms with Gasteiger partial charge in [0.1, 0.15) is 0 Å². The molecule has 3 amide bonds. The molecule has 0 saturated carbocycles. The number of carbonyl (C=O) groups excluding carboxylic acids is 2. The van der Waals surface area contributed by atoms with Crippen LogP contribution in [0.5, 0.6) is 0 Å². The number of anilines is 1. The topological polar surface area (TPSA) is 113 Å². The van der Waals surface area contributed by atoms with Crippen LogP contribution in [0.25, 0.3) is 11.0 Å². The van der Waals surface area contributed by atoms with E-state index in [2.05, 4.69) is 26.0 Å². The molecule has 4 heterocycles. The summed E-state index contributed by atoms with van der Waals surface area (Å²) in [7, 11) is 0. The predicted octanol–water partition coefficient (Wildman–Crippen LogP) is 1.97. The van der Waals surface area contributed by atoms with Crippen LogP contribution in [0, 0.1) is 0 Å². The minimum absolute atomic E-state index is 0.0261. The van der Waals surface area contributed by atoms with Gasteiger partial charge in [-0.25, -0.2) is 14.5 Å². The van der Waals surface area contributed by atoms with E-state index in [-0.39, 0.29) is 24.0 Å². The summed E-state index contributed by atoms with van der Waals surface area (Å²) in [5.41, 5.74) is 2.10. The number of nitrogens with zero attached hydrogens (tertiary/aromatic N) is 4. The molecule has 2 aliphatic heterocycles. The highest BCUT2D eigenvalue weighted by Gasteiger charge is 2.26. The number of carbonyl (C=O) groups is 2. The van der Waals surface area contributed by atoms with E-state index in [1.54, 1.807) is 17.3 Å². The summed E-state index contributed by atoms with van der Waals surface area (Å²) in [6.45, 7) is 7.94. The molecule has 2 aromatic heterocycles. The fourth-order valence-electron chi connectivity index (χ4n) is 4.38. The van der Waals surface area contributed by atoms with Crippen LogP contribution in [0.1, 0.15) is 49.9 Å². The molecule has 0 aromatic carbocycles. The summed E-state index contributed by atoms with van der Waals surface area (Å²) < 4.78 is 7.32. The van der Waals surface area contributed by atoms with Crippen LogP contribution in [0.3, 0.4) is 0 Å². The number of amides is 3. The Hall–Kier alpha value is -2.88. The first-order valence-electron chi connectivity index (χ1n) is 11.6. The van der Waals surface area contributed by atoms with Gasteiger partial charge in [0.25, 0.3) is 5.91 Å². The second-order valence-electron chi connectivity index (χ2n) is 8.35. The number of pyridine rings is 1. The monoisotopic (exact) mass is 443 g/mol. The molecule has 0 spiro atoms. The first-order chi connectivity index (χ1) is 15.6. The zero-order valence-electron chi connectivity index (χ0n) is 18.9. The molecule has 0 aliphatic carbocycles. The van der Waals surface area contributed by atoms with Gasteiger partial charge in [0.15, 0.2) is 5.65 Å².